The van der Waals surface area contributed by atoms with Crippen LogP contribution in [0.2, 0.25) is 0 Å². The van der Waals surface area contributed by atoms with Crippen molar-refractivity contribution in [3.05, 3.63) is 5.82 Å². The average Bonchev–Trinajstić information content (AvgIpc) is 3.06. The zero-order valence-corrected chi connectivity index (χ0v) is 13.9. The minimum atomic E-state index is 0.202. The van der Waals surface area contributed by atoms with E-state index >= 15 is 0 Å². The number of rotatable bonds is 7. The van der Waals surface area contributed by atoms with E-state index in [0.717, 1.165) is 18.9 Å². The topological polar surface area (TPSA) is 55.6 Å². The molecule has 6 heteroatoms. The highest BCUT2D eigenvalue weighted by atomic mass is 32.2. The van der Waals surface area contributed by atoms with E-state index < -0.39 is 0 Å². The molecular weight excluding hydrogens is 270 g/mol. The first-order valence-electron chi connectivity index (χ1n) is 7.61. The van der Waals surface area contributed by atoms with Gasteiger partial charge in [0.15, 0.2) is 5.82 Å². The third kappa shape index (κ3) is 3.73. The SMILES string of the molecule is CSC1(Cn2nnnc2C(C)NCC(C)C)CCCC1. The smallest absolute Gasteiger partial charge is 0.167 e. The van der Waals surface area contributed by atoms with E-state index in [1.54, 1.807) is 0 Å². The third-order valence-corrected chi connectivity index (χ3v) is 5.57. The van der Waals surface area contributed by atoms with Crippen LogP contribution in [0, 0.1) is 5.92 Å². The molecule has 0 radical (unpaired) electrons. The lowest BCUT2D eigenvalue weighted by Gasteiger charge is -2.27. The van der Waals surface area contributed by atoms with Crippen molar-refractivity contribution in [1.82, 2.24) is 25.5 Å². The molecule has 1 aliphatic rings. The van der Waals surface area contributed by atoms with Crippen LogP contribution >= 0.6 is 11.8 Å². The number of nitrogens with zero attached hydrogens (tertiary/aromatic N) is 4. The van der Waals surface area contributed by atoms with Gasteiger partial charge >= 0.3 is 0 Å². The van der Waals surface area contributed by atoms with E-state index in [0.29, 0.717) is 10.7 Å². The van der Waals surface area contributed by atoms with E-state index in [9.17, 15) is 0 Å². The highest BCUT2D eigenvalue weighted by molar-refractivity contribution is 8.00. The lowest BCUT2D eigenvalue weighted by molar-refractivity contribution is 0.415. The van der Waals surface area contributed by atoms with Crippen molar-refractivity contribution in [3.63, 3.8) is 0 Å². The van der Waals surface area contributed by atoms with Crippen LogP contribution in [0.25, 0.3) is 0 Å². The van der Waals surface area contributed by atoms with Gasteiger partial charge in [0.1, 0.15) is 0 Å². The maximum atomic E-state index is 4.23. The summed E-state index contributed by atoms with van der Waals surface area (Å²) in [5.74, 6) is 1.60. The first-order chi connectivity index (χ1) is 9.56. The summed E-state index contributed by atoms with van der Waals surface area (Å²) >= 11 is 1.98. The van der Waals surface area contributed by atoms with Crippen LogP contribution in [0.15, 0.2) is 0 Å². The second-order valence-electron chi connectivity index (χ2n) is 6.31. The molecule has 1 atom stereocenters. The fourth-order valence-electron chi connectivity index (χ4n) is 2.86. The van der Waals surface area contributed by atoms with Gasteiger partial charge in [0.05, 0.1) is 12.6 Å². The Morgan fingerprint density at radius 1 is 1.30 bits per heavy atom. The molecule has 1 N–H and O–H groups in total. The van der Waals surface area contributed by atoms with Crippen molar-refractivity contribution >= 4 is 11.8 Å². The van der Waals surface area contributed by atoms with E-state index in [1.807, 2.05) is 16.4 Å². The number of hydrogen-bond donors (Lipinski definition) is 1. The van der Waals surface area contributed by atoms with Gasteiger partial charge in [-0.3, -0.25) is 0 Å². The zero-order valence-electron chi connectivity index (χ0n) is 13.1. The molecular formula is C14H27N5S. The molecule has 1 aromatic heterocycles. The summed E-state index contributed by atoms with van der Waals surface area (Å²) in [5.41, 5.74) is 0. The van der Waals surface area contributed by atoms with Crippen LogP contribution < -0.4 is 5.32 Å². The average molecular weight is 297 g/mol. The predicted molar refractivity (Wildman–Crippen MR) is 83.8 cm³/mol. The summed E-state index contributed by atoms with van der Waals surface area (Å²) < 4.78 is 2.35. The van der Waals surface area contributed by atoms with Crippen LogP contribution in [0.4, 0.5) is 0 Å². The summed E-state index contributed by atoms with van der Waals surface area (Å²) in [7, 11) is 0. The number of nitrogens with one attached hydrogen (secondary N) is 1. The summed E-state index contributed by atoms with van der Waals surface area (Å²) in [6, 6.07) is 0.202. The Kier molecular flexibility index (Phi) is 5.43. The molecule has 20 heavy (non-hydrogen) atoms. The minimum Gasteiger partial charge on any atom is -0.307 e. The molecule has 2 rings (SSSR count). The van der Waals surface area contributed by atoms with E-state index in [4.69, 9.17) is 0 Å². The van der Waals surface area contributed by atoms with Crippen LogP contribution in [0.5, 0.6) is 0 Å². The second-order valence-corrected chi connectivity index (χ2v) is 7.59. The molecule has 1 unspecified atom stereocenters. The third-order valence-electron chi connectivity index (χ3n) is 4.16. The number of aromatic nitrogens is 4. The van der Waals surface area contributed by atoms with Gasteiger partial charge in [-0.2, -0.15) is 11.8 Å². The highest BCUT2D eigenvalue weighted by Crippen LogP contribution is 2.41. The summed E-state index contributed by atoms with van der Waals surface area (Å²) in [6.07, 6.45) is 7.44. The molecule has 1 fully saturated rings. The number of thioether (sulfide) groups is 1. The largest absolute Gasteiger partial charge is 0.307 e. The normalized spacial score (nSPS) is 19.6. The fourth-order valence-corrected chi connectivity index (χ4v) is 3.81. The molecule has 5 nitrogen and oxygen atoms in total. The van der Waals surface area contributed by atoms with Gasteiger partial charge in [-0.1, -0.05) is 26.7 Å². The molecule has 1 aromatic rings. The summed E-state index contributed by atoms with van der Waals surface area (Å²) in [6.45, 7) is 8.49. The molecule has 0 bridgehead atoms. The van der Waals surface area contributed by atoms with Gasteiger partial charge in [0.25, 0.3) is 0 Å². The van der Waals surface area contributed by atoms with Gasteiger partial charge in [-0.05, 0) is 48.9 Å². The predicted octanol–water partition coefficient (Wildman–Crippen LogP) is 2.66. The van der Waals surface area contributed by atoms with Crippen molar-refractivity contribution in [2.75, 3.05) is 12.8 Å². The second kappa shape index (κ2) is 6.89. The molecule has 1 heterocycles. The lowest BCUT2D eigenvalue weighted by atomic mass is 10.1. The molecule has 0 spiro atoms. The van der Waals surface area contributed by atoms with Crippen molar-refractivity contribution in [2.45, 2.75) is 63.8 Å². The van der Waals surface area contributed by atoms with Gasteiger partial charge in [0, 0.05) is 4.75 Å². The van der Waals surface area contributed by atoms with Crippen LogP contribution in [-0.2, 0) is 6.54 Å². The van der Waals surface area contributed by atoms with Crippen molar-refractivity contribution < 1.29 is 0 Å². The molecule has 1 aliphatic carbocycles. The van der Waals surface area contributed by atoms with Crippen molar-refractivity contribution in [3.8, 4) is 0 Å². The van der Waals surface area contributed by atoms with Gasteiger partial charge in [0.2, 0.25) is 0 Å². The number of hydrogen-bond acceptors (Lipinski definition) is 5. The molecule has 0 saturated heterocycles. The first kappa shape index (κ1) is 15.8. The van der Waals surface area contributed by atoms with Crippen molar-refractivity contribution in [1.29, 1.82) is 0 Å². The monoisotopic (exact) mass is 297 g/mol. The maximum Gasteiger partial charge on any atom is 0.167 e. The molecule has 114 valence electrons. The summed E-state index contributed by atoms with van der Waals surface area (Å²) in [4.78, 5) is 0. The van der Waals surface area contributed by atoms with E-state index in [2.05, 4.69) is 47.9 Å². The number of tetrazole rings is 1. The zero-order chi connectivity index (χ0) is 14.6. The maximum absolute atomic E-state index is 4.23. The minimum absolute atomic E-state index is 0.202. The van der Waals surface area contributed by atoms with E-state index in [1.165, 1.54) is 25.7 Å². The van der Waals surface area contributed by atoms with Crippen molar-refractivity contribution in [2.24, 2.45) is 5.92 Å². The highest BCUT2D eigenvalue weighted by Gasteiger charge is 2.35. The van der Waals surface area contributed by atoms with Crippen LogP contribution in [-0.4, -0.2) is 37.8 Å². The Morgan fingerprint density at radius 3 is 2.60 bits per heavy atom. The quantitative estimate of drug-likeness (QED) is 0.838. The standard InChI is InChI=1S/C14H27N5S/c1-11(2)9-15-12(3)13-16-17-18-19(13)10-14(20-4)7-5-6-8-14/h11-12,15H,5-10H2,1-4H3. The molecule has 1 saturated carbocycles. The van der Waals surface area contributed by atoms with Gasteiger partial charge in [-0.25, -0.2) is 4.68 Å². The Morgan fingerprint density at radius 2 is 2.00 bits per heavy atom. The molecule has 0 amide bonds. The Labute approximate surface area is 126 Å². The lowest BCUT2D eigenvalue weighted by Crippen LogP contribution is -2.31. The Bertz CT molecular complexity index is 411. The Balaban J connectivity index is 2.04. The van der Waals surface area contributed by atoms with Crippen LogP contribution in [0.1, 0.15) is 58.3 Å². The molecule has 0 aliphatic heterocycles. The van der Waals surface area contributed by atoms with E-state index in [-0.39, 0.29) is 6.04 Å². The van der Waals surface area contributed by atoms with Gasteiger partial charge in [-0.15, -0.1) is 5.10 Å². The van der Waals surface area contributed by atoms with Crippen LogP contribution in [0.3, 0.4) is 0 Å². The summed E-state index contributed by atoms with van der Waals surface area (Å²) in [5, 5.41) is 15.9. The molecule has 0 aromatic carbocycles. The first-order valence-corrected chi connectivity index (χ1v) is 8.83. The van der Waals surface area contributed by atoms with Gasteiger partial charge < -0.3 is 5.32 Å². The Hall–Kier alpha value is -0.620. The fraction of sp³-hybridized carbons (Fsp3) is 0.929.